The predicted molar refractivity (Wildman–Crippen MR) is 69.2 cm³/mol. The molecule has 1 fully saturated rings. The van der Waals surface area contributed by atoms with Crippen molar-refractivity contribution in [2.24, 2.45) is 5.92 Å². The van der Waals surface area contributed by atoms with E-state index in [1.165, 1.54) is 25.7 Å². The molecule has 2 nitrogen and oxygen atoms in total. The SMILES string of the molecule is CO[C@@H]1CCC[C@H](CCc2ccccc2O)C1. The summed E-state index contributed by atoms with van der Waals surface area (Å²) in [7, 11) is 1.82. The highest BCUT2D eigenvalue weighted by Crippen LogP contribution is 2.30. The van der Waals surface area contributed by atoms with E-state index < -0.39 is 0 Å². The Bertz CT molecular complexity index is 349. The summed E-state index contributed by atoms with van der Waals surface area (Å²) in [5.41, 5.74) is 1.08. The molecule has 94 valence electrons. The van der Waals surface area contributed by atoms with Crippen LogP contribution in [0.1, 0.15) is 37.7 Å². The lowest BCUT2D eigenvalue weighted by Crippen LogP contribution is -2.22. The molecular formula is C15H22O2. The van der Waals surface area contributed by atoms with Gasteiger partial charge in [-0.05, 0) is 43.2 Å². The first-order valence-electron chi connectivity index (χ1n) is 6.59. The topological polar surface area (TPSA) is 29.5 Å². The maximum absolute atomic E-state index is 9.71. The zero-order valence-electron chi connectivity index (χ0n) is 10.6. The highest BCUT2D eigenvalue weighted by atomic mass is 16.5. The Labute approximate surface area is 104 Å². The average Bonchev–Trinajstić information content (AvgIpc) is 2.38. The second-order valence-corrected chi connectivity index (χ2v) is 5.06. The molecule has 0 spiro atoms. The number of para-hydroxylation sites is 1. The fourth-order valence-electron chi connectivity index (χ4n) is 2.80. The summed E-state index contributed by atoms with van der Waals surface area (Å²) in [5, 5.41) is 9.71. The van der Waals surface area contributed by atoms with Crippen molar-refractivity contribution < 1.29 is 9.84 Å². The number of hydrogen-bond acceptors (Lipinski definition) is 2. The zero-order chi connectivity index (χ0) is 12.1. The van der Waals surface area contributed by atoms with Gasteiger partial charge in [-0.3, -0.25) is 0 Å². The second kappa shape index (κ2) is 6.06. The van der Waals surface area contributed by atoms with Crippen LogP contribution in [0.2, 0.25) is 0 Å². The quantitative estimate of drug-likeness (QED) is 0.863. The maximum atomic E-state index is 9.71. The van der Waals surface area contributed by atoms with E-state index >= 15 is 0 Å². The predicted octanol–water partition coefficient (Wildman–Crippen LogP) is 3.53. The van der Waals surface area contributed by atoms with Crippen LogP contribution in [0.25, 0.3) is 0 Å². The van der Waals surface area contributed by atoms with Crippen molar-refractivity contribution in [3.8, 4) is 5.75 Å². The molecule has 1 N–H and O–H groups in total. The molecule has 17 heavy (non-hydrogen) atoms. The van der Waals surface area contributed by atoms with Gasteiger partial charge in [-0.15, -0.1) is 0 Å². The molecule has 1 aromatic carbocycles. The number of hydrogen-bond donors (Lipinski definition) is 1. The molecule has 0 saturated heterocycles. The molecule has 0 heterocycles. The summed E-state index contributed by atoms with van der Waals surface area (Å²) in [4.78, 5) is 0. The number of rotatable bonds is 4. The van der Waals surface area contributed by atoms with Crippen molar-refractivity contribution in [3.05, 3.63) is 29.8 Å². The van der Waals surface area contributed by atoms with Crippen LogP contribution in [0.3, 0.4) is 0 Å². The van der Waals surface area contributed by atoms with E-state index in [-0.39, 0.29) is 0 Å². The number of methoxy groups -OCH3 is 1. The number of aromatic hydroxyl groups is 1. The normalized spacial score (nSPS) is 24.8. The van der Waals surface area contributed by atoms with Crippen LogP contribution in [-0.2, 0) is 11.2 Å². The molecule has 1 aromatic rings. The fourth-order valence-corrected chi connectivity index (χ4v) is 2.80. The van der Waals surface area contributed by atoms with Gasteiger partial charge in [0.15, 0.2) is 0 Å². The monoisotopic (exact) mass is 234 g/mol. The first kappa shape index (κ1) is 12.4. The highest BCUT2D eigenvalue weighted by molar-refractivity contribution is 5.31. The number of ether oxygens (including phenoxy) is 1. The van der Waals surface area contributed by atoms with E-state index in [1.54, 1.807) is 6.07 Å². The van der Waals surface area contributed by atoms with Crippen LogP contribution in [0.5, 0.6) is 5.75 Å². The molecule has 2 heteroatoms. The summed E-state index contributed by atoms with van der Waals surface area (Å²) in [6, 6.07) is 7.66. The number of aryl methyl sites for hydroxylation is 1. The van der Waals surface area contributed by atoms with Crippen LogP contribution in [0.15, 0.2) is 24.3 Å². The van der Waals surface area contributed by atoms with Crippen LogP contribution in [0.4, 0.5) is 0 Å². The number of phenols is 1. The Morgan fingerprint density at radius 2 is 2.12 bits per heavy atom. The number of phenolic OH excluding ortho intramolecular Hbond substituents is 1. The van der Waals surface area contributed by atoms with Crippen LogP contribution >= 0.6 is 0 Å². The smallest absolute Gasteiger partial charge is 0.118 e. The van der Waals surface area contributed by atoms with Gasteiger partial charge in [-0.1, -0.05) is 31.0 Å². The highest BCUT2D eigenvalue weighted by Gasteiger charge is 2.21. The molecule has 2 atom stereocenters. The van der Waals surface area contributed by atoms with Crippen LogP contribution < -0.4 is 0 Å². The molecular weight excluding hydrogens is 212 g/mol. The lowest BCUT2D eigenvalue weighted by molar-refractivity contribution is 0.0491. The summed E-state index contributed by atoms with van der Waals surface area (Å²) in [5.74, 6) is 1.19. The minimum Gasteiger partial charge on any atom is -0.508 e. The van der Waals surface area contributed by atoms with Gasteiger partial charge in [-0.2, -0.15) is 0 Å². The molecule has 0 unspecified atom stereocenters. The largest absolute Gasteiger partial charge is 0.508 e. The fraction of sp³-hybridized carbons (Fsp3) is 0.600. The Hall–Kier alpha value is -1.02. The molecule has 2 rings (SSSR count). The minimum atomic E-state index is 0.437. The molecule has 1 aliphatic rings. The van der Waals surface area contributed by atoms with E-state index in [2.05, 4.69) is 0 Å². The van der Waals surface area contributed by atoms with E-state index in [4.69, 9.17) is 4.74 Å². The summed E-state index contributed by atoms with van der Waals surface area (Å²) in [6.07, 6.45) is 7.59. The lowest BCUT2D eigenvalue weighted by Gasteiger charge is -2.28. The van der Waals surface area contributed by atoms with Crippen molar-refractivity contribution in [1.82, 2.24) is 0 Å². The molecule has 0 aliphatic heterocycles. The minimum absolute atomic E-state index is 0.437. The van der Waals surface area contributed by atoms with Gasteiger partial charge in [-0.25, -0.2) is 0 Å². The van der Waals surface area contributed by atoms with Gasteiger partial charge >= 0.3 is 0 Å². The zero-order valence-corrected chi connectivity index (χ0v) is 10.6. The molecule has 0 bridgehead atoms. The Morgan fingerprint density at radius 3 is 2.88 bits per heavy atom. The third-order valence-corrected chi connectivity index (χ3v) is 3.88. The Kier molecular flexibility index (Phi) is 4.43. The Balaban J connectivity index is 1.84. The maximum Gasteiger partial charge on any atom is 0.118 e. The van der Waals surface area contributed by atoms with Gasteiger partial charge in [0, 0.05) is 7.11 Å². The second-order valence-electron chi connectivity index (χ2n) is 5.06. The van der Waals surface area contributed by atoms with Crippen molar-refractivity contribution >= 4 is 0 Å². The molecule has 0 radical (unpaired) electrons. The van der Waals surface area contributed by atoms with Crippen molar-refractivity contribution in [3.63, 3.8) is 0 Å². The first-order chi connectivity index (χ1) is 8.29. The van der Waals surface area contributed by atoms with E-state index in [1.807, 2.05) is 25.3 Å². The van der Waals surface area contributed by atoms with Gasteiger partial charge in [0.25, 0.3) is 0 Å². The van der Waals surface area contributed by atoms with Crippen LogP contribution in [-0.4, -0.2) is 18.3 Å². The first-order valence-corrected chi connectivity index (χ1v) is 6.59. The standard InChI is InChI=1S/C15H22O2/c1-17-14-7-4-5-12(11-14)9-10-13-6-2-3-8-15(13)16/h2-3,6,8,12,14,16H,4-5,7,9-11H2,1H3/t12-,14-/m1/s1. The third-order valence-electron chi connectivity index (χ3n) is 3.88. The summed E-state index contributed by atoms with van der Waals surface area (Å²) >= 11 is 0. The van der Waals surface area contributed by atoms with E-state index in [0.29, 0.717) is 11.9 Å². The van der Waals surface area contributed by atoms with Gasteiger partial charge in [0.05, 0.1) is 6.10 Å². The van der Waals surface area contributed by atoms with Crippen molar-refractivity contribution in [2.45, 2.75) is 44.6 Å². The van der Waals surface area contributed by atoms with Gasteiger partial charge in [0.1, 0.15) is 5.75 Å². The Morgan fingerprint density at radius 1 is 1.29 bits per heavy atom. The van der Waals surface area contributed by atoms with Crippen molar-refractivity contribution in [1.29, 1.82) is 0 Å². The van der Waals surface area contributed by atoms with E-state index in [0.717, 1.165) is 24.3 Å². The molecule has 0 amide bonds. The lowest BCUT2D eigenvalue weighted by atomic mass is 9.83. The third kappa shape index (κ3) is 3.47. The number of benzene rings is 1. The summed E-state index contributed by atoms with van der Waals surface area (Å²) in [6.45, 7) is 0. The molecule has 1 aliphatic carbocycles. The molecule has 0 aromatic heterocycles. The van der Waals surface area contributed by atoms with E-state index in [9.17, 15) is 5.11 Å². The van der Waals surface area contributed by atoms with Crippen LogP contribution in [0, 0.1) is 5.92 Å². The average molecular weight is 234 g/mol. The molecule has 1 saturated carbocycles. The van der Waals surface area contributed by atoms with Gasteiger partial charge in [0.2, 0.25) is 0 Å². The van der Waals surface area contributed by atoms with Crippen molar-refractivity contribution in [2.75, 3.05) is 7.11 Å². The van der Waals surface area contributed by atoms with Gasteiger partial charge < -0.3 is 9.84 Å². The summed E-state index contributed by atoms with van der Waals surface area (Å²) < 4.78 is 5.45.